The minimum absolute atomic E-state index is 0. The van der Waals surface area contributed by atoms with Crippen molar-refractivity contribution >= 4 is 46.0 Å². The van der Waals surface area contributed by atoms with E-state index in [1.807, 2.05) is 0 Å². The van der Waals surface area contributed by atoms with Gasteiger partial charge in [-0.15, -0.1) is 0 Å². The molecule has 3 rings (SSSR count). The molecule has 0 aliphatic carbocycles. The smallest absolute Gasteiger partial charge is 0.124 e. The Bertz CT molecular complexity index is 692. The number of rotatable bonds is 5. The summed E-state index contributed by atoms with van der Waals surface area (Å²) in [5.74, 6) is 0. The number of hydrogen-bond donors (Lipinski definition) is 0. The molecule has 0 saturated heterocycles. The van der Waals surface area contributed by atoms with Crippen LogP contribution >= 0.6 is 23.8 Å². The van der Waals surface area contributed by atoms with Crippen LogP contribution in [-0.2, 0) is 24.9 Å². The van der Waals surface area contributed by atoms with E-state index in [9.17, 15) is 4.79 Å². The van der Waals surface area contributed by atoms with Gasteiger partial charge in [-0.3, -0.25) is 0 Å². The molecule has 0 aliphatic heterocycles. The maximum atomic E-state index is 9.28. The van der Waals surface area contributed by atoms with E-state index in [4.69, 9.17) is 0 Å². The molecule has 0 fully saturated rings. The molecule has 1 nitrogen and oxygen atoms in total. The second kappa shape index (κ2) is 23.0. The van der Waals surface area contributed by atoms with Crippen LogP contribution in [-0.4, -0.2) is 46.3 Å². The zero-order valence-electron chi connectivity index (χ0n) is 20.7. The minimum atomic E-state index is 0. The van der Waals surface area contributed by atoms with Gasteiger partial charge in [0.05, 0.1) is 0 Å². The van der Waals surface area contributed by atoms with Crippen LogP contribution < -0.4 is 15.9 Å². The second-order valence-electron chi connectivity index (χ2n) is 7.25. The third kappa shape index (κ3) is 19.3. The largest absolute Gasteiger partial charge is 0.303 e. The maximum absolute atomic E-state index is 9.28. The summed E-state index contributed by atoms with van der Waals surface area (Å²) in [4.78, 5) is 9.28. The molecule has 0 unspecified atom stereocenters. The number of aldehydes is 1. The van der Waals surface area contributed by atoms with Crippen molar-refractivity contribution < 1.29 is 24.9 Å². The summed E-state index contributed by atoms with van der Waals surface area (Å²) in [6.07, 6.45) is 3.46. The van der Waals surface area contributed by atoms with Crippen molar-refractivity contribution in [1.29, 1.82) is 0 Å². The van der Waals surface area contributed by atoms with Crippen molar-refractivity contribution in [3.8, 4) is 0 Å². The summed E-state index contributed by atoms with van der Waals surface area (Å²) in [5, 5.41) is 4.44. The topological polar surface area (TPSA) is 17.1 Å². The number of carbonyl (C=O) groups excluding carboxylic acids is 1. The number of benzene rings is 3. The van der Waals surface area contributed by atoms with Crippen LogP contribution in [0, 0.1) is 19.8 Å². The van der Waals surface area contributed by atoms with Crippen molar-refractivity contribution in [3.05, 3.63) is 111 Å². The fourth-order valence-electron chi connectivity index (χ4n) is 2.23. The Hall–Kier alpha value is -0.731. The first kappa shape index (κ1) is 34.4. The molecule has 180 valence electrons. The summed E-state index contributed by atoms with van der Waals surface area (Å²) in [6.45, 7) is 16.9. The van der Waals surface area contributed by atoms with E-state index in [1.54, 1.807) is 0 Å². The molecule has 0 spiro atoms. The molecule has 3 aromatic rings. The second-order valence-corrected chi connectivity index (χ2v) is 14.2. The minimum Gasteiger partial charge on any atom is -0.303 e. The van der Waals surface area contributed by atoms with Gasteiger partial charge in [0.1, 0.15) is 6.29 Å². The van der Waals surface area contributed by atoms with E-state index in [2.05, 4.69) is 138 Å². The van der Waals surface area contributed by atoms with Gasteiger partial charge >= 0.3 is 0 Å². The van der Waals surface area contributed by atoms with Gasteiger partial charge in [-0.05, 0) is 69.2 Å². The van der Waals surface area contributed by atoms with Crippen LogP contribution in [0.4, 0.5) is 0 Å². The fraction of sp³-hybridized carbons (Fsp3) is 0.214. The SMILES string of the molecule is CP(C)c1ccccc1.CP(C)c1ccccc1.CP(C)c1ccccc1.[CH2][CH][CH]C=O.[Ir]. The summed E-state index contributed by atoms with van der Waals surface area (Å²) in [7, 11) is 0.313. The number of unbranched alkanes of at least 4 members (excludes halogenated alkanes) is 1. The van der Waals surface area contributed by atoms with E-state index in [0.29, 0.717) is 6.29 Å². The Morgan fingerprint density at radius 2 is 0.788 bits per heavy atom. The van der Waals surface area contributed by atoms with Gasteiger partial charge in [-0.2, -0.15) is 0 Å². The van der Waals surface area contributed by atoms with Crippen LogP contribution in [0.15, 0.2) is 91.0 Å². The van der Waals surface area contributed by atoms with Gasteiger partial charge < -0.3 is 4.79 Å². The van der Waals surface area contributed by atoms with Crippen molar-refractivity contribution in [2.45, 2.75) is 0 Å². The summed E-state index contributed by atoms with van der Waals surface area (Å²) < 4.78 is 0. The van der Waals surface area contributed by atoms with E-state index in [0.717, 1.165) is 0 Å². The first-order chi connectivity index (χ1) is 15.3. The summed E-state index contributed by atoms with van der Waals surface area (Å²) >= 11 is 0. The Kier molecular flexibility index (Phi) is 24.0. The average Bonchev–Trinajstić information content (AvgIpc) is 2.82. The predicted molar refractivity (Wildman–Crippen MR) is 155 cm³/mol. The van der Waals surface area contributed by atoms with E-state index >= 15 is 0 Å². The van der Waals surface area contributed by atoms with Crippen LogP contribution in [0.5, 0.6) is 0 Å². The molecule has 0 N–H and O–H groups in total. The summed E-state index contributed by atoms with van der Waals surface area (Å²) in [5.41, 5.74) is 0. The Labute approximate surface area is 220 Å². The molecule has 3 aromatic carbocycles. The normalized spacial score (nSPS) is 9.39. The third-order valence-corrected chi connectivity index (χ3v) is 8.03. The maximum Gasteiger partial charge on any atom is 0.124 e. The molecule has 0 bridgehead atoms. The van der Waals surface area contributed by atoms with E-state index < -0.39 is 0 Å². The molecular weight excluding hydrogens is 637 g/mol. The number of hydrogen-bond acceptors (Lipinski definition) is 1. The molecule has 4 radical (unpaired) electrons. The van der Waals surface area contributed by atoms with Crippen LogP contribution in [0.1, 0.15) is 0 Å². The van der Waals surface area contributed by atoms with Crippen LogP contribution in [0.2, 0.25) is 0 Å². The monoisotopic (exact) mass is 676 g/mol. The van der Waals surface area contributed by atoms with Crippen molar-refractivity contribution in [2.75, 3.05) is 40.0 Å². The number of carbonyl (C=O) groups is 1. The van der Waals surface area contributed by atoms with Crippen molar-refractivity contribution in [3.63, 3.8) is 0 Å². The van der Waals surface area contributed by atoms with Gasteiger partial charge in [-0.1, -0.05) is 115 Å². The Morgan fingerprint density at radius 1 is 0.545 bits per heavy atom. The fourth-order valence-corrected chi connectivity index (χ4v) is 4.54. The van der Waals surface area contributed by atoms with Gasteiger partial charge in [0.15, 0.2) is 0 Å². The molecule has 33 heavy (non-hydrogen) atoms. The van der Waals surface area contributed by atoms with Crippen molar-refractivity contribution in [1.82, 2.24) is 0 Å². The zero-order valence-corrected chi connectivity index (χ0v) is 25.8. The van der Waals surface area contributed by atoms with Crippen molar-refractivity contribution in [2.24, 2.45) is 0 Å². The summed E-state index contributed by atoms with van der Waals surface area (Å²) in [6, 6.07) is 31.9. The van der Waals surface area contributed by atoms with Crippen LogP contribution in [0.25, 0.3) is 0 Å². The molecule has 0 aliphatic rings. The molecule has 0 aromatic heterocycles. The molecule has 0 saturated carbocycles. The van der Waals surface area contributed by atoms with E-state index in [1.165, 1.54) is 28.8 Å². The van der Waals surface area contributed by atoms with Gasteiger partial charge in [0, 0.05) is 26.5 Å². The Morgan fingerprint density at radius 3 is 0.879 bits per heavy atom. The molecule has 0 atom stereocenters. The Balaban J connectivity index is 0. The zero-order chi connectivity index (χ0) is 24.2. The third-order valence-electron chi connectivity index (χ3n) is 4.03. The first-order valence-corrected chi connectivity index (χ1v) is 17.1. The molecule has 5 heteroatoms. The molecule has 0 amide bonds. The predicted octanol–water partition coefficient (Wildman–Crippen LogP) is 6.59. The molecular formula is C28H38IrOP3. The van der Waals surface area contributed by atoms with Gasteiger partial charge in [0.25, 0.3) is 0 Å². The van der Waals surface area contributed by atoms with Crippen LogP contribution in [0.3, 0.4) is 0 Å². The quantitative estimate of drug-likeness (QED) is 0.221. The molecule has 0 heterocycles. The standard InChI is InChI=1S/3C8H11P.C4H5O.Ir/c3*1-9(2)8-6-4-3-5-7-8;1-2-3-4-5;/h3*3-7H,1-2H3;2-4H,1H2;. The van der Waals surface area contributed by atoms with Gasteiger partial charge in [-0.25, -0.2) is 0 Å². The average molecular weight is 676 g/mol. The van der Waals surface area contributed by atoms with E-state index in [-0.39, 0.29) is 43.9 Å². The van der Waals surface area contributed by atoms with Gasteiger partial charge in [0.2, 0.25) is 0 Å². The first-order valence-electron chi connectivity index (χ1n) is 10.4.